The van der Waals surface area contributed by atoms with Crippen LogP contribution >= 0.6 is 0 Å². The molecule has 0 N–H and O–H groups in total. The number of aromatic nitrogens is 3. The molecule has 2 rings (SSSR count). The van der Waals surface area contributed by atoms with Crippen LogP contribution in [0.4, 0.5) is 0 Å². The van der Waals surface area contributed by atoms with Gasteiger partial charge in [0.15, 0.2) is 0 Å². The van der Waals surface area contributed by atoms with Crippen LogP contribution in [0.2, 0.25) is 0 Å². The Morgan fingerprint density at radius 2 is 2.00 bits per heavy atom. The van der Waals surface area contributed by atoms with E-state index < -0.39 is 0 Å². The van der Waals surface area contributed by atoms with Gasteiger partial charge >= 0.3 is 0 Å². The maximum absolute atomic E-state index is 12.0. The van der Waals surface area contributed by atoms with Gasteiger partial charge in [-0.25, -0.2) is 9.97 Å². The zero-order chi connectivity index (χ0) is 13.8. The first-order valence-corrected chi connectivity index (χ1v) is 6.98. The molecule has 4 nitrogen and oxygen atoms in total. The first kappa shape index (κ1) is 13.7. The average Bonchev–Trinajstić information content (AvgIpc) is 2.42. The molecule has 0 bridgehead atoms. The highest BCUT2D eigenvalue weighted by Crippen LogP contribution is 2.15. The summed E-state index contributed by atoms with van der Waals surface area (Å²) < 4.78 is 1.78. The summed E-state index contributed by atoms with van der Waals surface area (Å²) in [6, 6.07) is 3.40. The molecule has 2 aromatic heterocycles. The number of rotatable bonds is 5. The molecule has 0 aliphatic heterocycles. The second-order valence-electron chi connectivity index (χ2n) is 4.99. The first-order valence-electron chi connectivity index (χ1n) is 6.98. The van der Waals surface area contributed by atoms with E-state index >= 15 is 0 Å². The molecule has 0 atom stereocenters. The van der Waals surface area contributed by atoms with Crippen LogP contribution in [0, 0.1) is 12.8 Å². The summed E-state index contributed by atoms with van der Waals surface area (Å²) in [6.07, 6.45) is 5.12. The molecule has 0 fully saturated rings. The third-order valence-corrected chi connectivity index (χ3v) is 3.76. The molecule has 19 heavy (non-hydrogen) atoms. The minimum Gasteiger partial charge on any atom is -0.293 e. The number of hydrogen-bond acceptors (Lipinski definition) is 3. The highest BCUT2D eigenvalue weighted by atomic mass is 16.1. The zero-order valence-electron chi connectivity index (χ0n) is 11.9. The van der Waals surface area contributed by atoms with Gasteiger partial charge in [0.2, 0.25) is 0 Å². The third kappa shape index (κ3) is 3.00. The maximum Gasteiger partial charge on any atom is 0.252 e. The van der Waals surface area contributed by atoms with Crippen molar-refractivity contribution in [3.05, 3.63) is 34.5 Å². The van der Waals surface area contributed by atoms with E-state index in [0.29, 0.717) is 11.7 Å². The molecule has 0 amide bonds. The van der Waals surface area contributed by atoms with Crippen LogP contribution in [-0.2, 0) is 6.54 Å². The average molecular weight is 259 g/mol. The largest absolute Gasteiger partial charge is 0.293 e. The van der Waals surface area contributed by atoms with Crippen LogP contribution in [0.5, 0.6) is 0 Å². The van der Waals surface area contributed by atoms with E-state index in [1.807, 2.05) is 6.92 Å². The van der Waals surface area contributed by atoms with Gasteiger partial charge in [-0.3, -0.25) is 9.36 Å². The van der Waals surface area contributed by atoms with Gasteiger partial charge in [-0.2, -0.15) is 0 Å². The normalized spacial score (nSPS) is 11.4. The topological polar surface area (TPSA) is 47.8 Å². The molecule has 2 heterocycles. The first-order chi connectivity index (χ1) is 9.15. The lowest BCUT2D eigenvalue weighted by Crippen LogP contribution is -2.21. The minimum atomic E-state index is 0.0246. The van der Waals surface area contributed by atoms with Gasteiger partial charge in [-0.1, -0.05) is 26.7 Å². The van der Waals surface area contributed by atoms with E-state index in [9.17, 15) is 4.79 Å². The molecular weight excluding hydrogens is 238 g/mol. The Morgan fingerprint density at radius 3 is 2.68 bits per heavy atom. The lowest BCUT2D eigenvalue weighted by molar-refractivity contribution is 0.421. The highest BCUT2D eigenvalue weighted by Gasteiger charge is 2.08. The molecule has 0 saturated carbocycles. The summed E-state index contributed by atoms with van der Waals surface area (Å²) in [4.78, 5) is 20.6. The number of hydrogen-bond donors (Lipinski definition) is 0. The van der Waals surface area contributed by atoms with Gasteiger partial charge in [0, 0.05) is 24.2 Å². The summed E-state index contributed by atoms with van der Waals surface area (Å²) in [5.41, 5.74) is 0.780. The van der Waals surface area contributed by atoms with E-state index in [0.717, 1.165) is 36.8 Å². The second-order valence-corrected chi connectivity index (χ2v) is 4.99. The van der Waals surface area contributed by atoms with Crippen molar-refractivity contribution in [3.63, 3.8) is 0 Å². The molecule has 0 aliphatic carbocycles. The van der Waals surface area contributed by atoms with Crippen molar-refractivity contribution in [1.82, 2.24) is 14.5 Å². The summed E-state index contributed by atoms with van der Waals surface area (Å²) in [7, 11) is 0. The monoisotopic (exact) mass is 259 g/mol. The Balaban J connectivity index is 2.38. The van der Waals surface area contributed by atoms with E-state index in [1.54, 1.807) is 22.9 Å². The van der Waals surface area contributed by atoms with Crippen LogP contribution < -0.4 is 5.56 Å². The van der Waals surface area contributed by atoms with Crippen molar-refractivity contribution in [3.8, 4) is 0 Å². The Kier molecular flexibility index (Phi) is 4.30. The fourth-order valence-electron chi connectivity index (χ4n) is 2.38. The van der Waals surface area contributed by atoms with Crippen LogP contribution in [0.3, 0.4) is 0 Å². The summed E-state index contributed by atoms with van der Waals surface area (Å²) in [5, 5.41) is 0.926. The zero-order valence-corrected chi connectivity index (χ0v) is 11.9. The minimum absolute atomic E-state index is 0.0246. The van der Waals surface area contributed by atoms with Crippen molar-refractivity contribution < 1.29 is 0 Å². The van der Waals surface area contributed by atoms with E-state index in [4.69, 9.17) is 0 Å². The Morgan fingerprint density at radius 1 is 1.26 bits per heavy atom. The molecule has 4 heteroatoms. The van der Waals surface area contributed by atoms with Crippen LogP contribution in [0.15, 0.2) is 23.1 Å². The molecule has 2 aromatic rings. The fraction of sp³-hybridized carbons (Fsp3) is 0.533. The lowest BCUT2D eigenvalue weighted by atomic mass is 9.99. The van der Waals surface area contributed by atoms with Crippen LogP contribution in [0.1, 0.15) is 38.9 Å². The SMILES string of the molecule is CCC(CC)CCn1c(=O)ccc2cnc(C)nc21. The summed E-state index contributed by atoms with van der Waals surface area (Å²) in [6.45, 7) is 6.99. The summed E-state index contributed by atoms with van der Waals surface area (Å²) >= 11 is 0. The van der Waals surface area contributed by atoms with E-state index in [1.165, 1.54) is 0 Å². The quantitative estimate of drug-likeness (QED) is 0.829. The molecule has 0 aromatic carbocycles. The predicted octanol–water partition coefficient (Wildman–Crippen LogP) is 2.93. The van der Waals surface area contributed by atoms with Gasteiger partial charge < -0.3 is 0 Å². The summed E-state index contributed by atoms with van der Waals surface area (Å²) in [5.74, 6) is 1.37. The van der Waals surface area contributed by atoms with E-state index in [2.05, 4.69) is 23.8 Å². The van der Waals surface area contributed by atoms with Crippen molar-refractivity contribution in [2.45, 2.75) is 46.6 Å². The standard InChI is InChI=1S/C15H21N3O/c1-4-12(5-2)8-9-18-14(19)7-6-13-10-16-11(3)17-15(13)18/h6-7,10,12H,4-5,8-9H2,1-3H3. The molecule has 0 radical (unpaired) electrons. The van der Waals surface area contributed by atoms with Crippen molar-refractivity contribution in [2.24, 2.45) is 5.92 Å². The maximum atomic E-state index is 12.0. The number of fused-ring (bicyclic) bond motifs is 1. The fourth-order valence-corrected chi connectivity index (χ4v) is 2.38. The number of aryl methyl sites for hydroxylation is 2. The van der Waals surface area contributed by atoms with Crippen molar-refractivity contribution in [1.29, 1.82) is 0 Å². The Hall–Kier alpha value is -1.71. The van der Waals surface area contributed by atoms with E-state index in [-0.39, 0.29) is 5.56 Å². The van der Waals surface area contributed by atoms with Gasteiger partial charge in [0.05, 0.1) is 0 Å². The smallest absolute Gasteiger partial charge is 0.252 e. The van der Waals surface area contributed by atoms with Gasteiger partial charge in [0.1, 0.15) is 11.5 Å². The molecule has 0 aliphatic rings. The Bertz CT molecular complexity index is 614. The van der Waals surface area contributed by atoms with Crippen LogP contribution in [0.25, 0.3) is 11.0 Å². The highest BCUT2D eigenvalue weighted by molar-refractivity contribution is 5.73. The molecular formula is C15H21N3O. The van der Waals surface area contributed by atoms with Gasteiger partial charge in [-0.15, -0.1) is 0 Å². The van der Waals surface area contributed by atoms with Crippen molar-refractivity contribution >= 4 is 11.0 Å². The van der Waals surface area contributed by atoms with Crippen molar-refractivity contribution in [2.75, 3.05) is 0 Å². The number of nitrogens with zero attached hydrogens (tertiary/aromatic N) is 3. The molecule has 0 unspecified atom stereocenters. The van der Waals surface area contributed by atoms with Gasteiger partial charge in [-0.05, 0) is 25.3 Å². The third-order valence-electron chi connectivity index (χ3n) is 3.76. The Labute approximate surface area is 113 Å². The second kappa shape index (κ2) is 5.95. The molecule has 0 saturated heterocycles. The molecule has 102 valence electrons. The predicted molar refractivity (Wildman–Crippen MR) is 77.2 cm³/mol. The number of pyridine rings is 1. The molecule has 0 spiro atoms. The van der Waals surface area contributed by atoms with Crippen LogP contribution in [-0.4, -0.2) is 14.5 Å². The lowest BCUT2D eigenvalue weighted by Gasteiger charge is -2.14. The van der Waals surface area contributed by atoms with Gasteiger partial charge in [0.25, 0.3) is 5.56 Å².